The number of nitriles is 1. The number of sulfonamides is 1. The molecule has 0 aliphatic heterocycles. The lowest BCUT2D eigenvalue weighted by atomic mass is 10.1. The van der Waals surface area contributed by atoms with Gasteiger partial charge in [0, 0.05) is 13.0 Å². The minimum Gasteiger partial charge on any atom is -0.215 e. The van der Waals surface area contributed by atoms with Crippen LogP contribution in [0.15, 0.2) is 0 Å². The van der Waals surface area contributed by atoms with E-state index in [-0.39, 0.29) is 5.75 Å². The third kappa shape index (κ3) is 9.70. The molecule has 0 fully saturated rings. The zero-order valence-corrected chi connectivity index (χ0v) is 10.1. The Balaban J connectivity index is 3.23. The van der Waals surface area contributed by atoms with E-state index in [2.05, 4.69) is 10.8 Å². The molecule has 0 bridgehead atoms. The highest BCUT2D eigenvalue weighted by atomic mass is 32.2. The summed E-state index contributed by atoms with van der Waals surface area (Å²) in [6.45, 7) is 2.17. The Kier molecular flexibility index (Phi) is 8.34. The first-order valence-corrected chi connectivity index (χ1v) is 7.12. The van der Waals surface area contributed by atoms with Gasteiger partial charge in [0.15, 0.2) is 0 Å². The number of hydrogen-bond acceptors (Lipinski definition) is 3. The third-order valence-electron chi connectivity index (χ3n) is 2.17. The second-order valence-corrected chi connectivity index (χ2v) is 5.57. The zero-order valence-electron chi connectivity index (χ0n) is 9.33. The molecule has 0 atom stereocenters. The predicted octanol–water partition coefficient (Wildman–Crippen LogP) is 1.79. The lowest BCUT2D eigenvalue weighted by molar-refractivity contribution is 0.570. The van der Waals surface area contributed by atoms with Gasteiger partial charge >= 0.3 is 0 Å². The molecule has 0 aliphatic rings. The van der Waals surface area contributed by atoms with E-state index in [1.165, 1.54) is 0 Å². The average Bonchev–Trinajstić information content (AvgIpc) is 2.22. The quantitative estimate of drug-likeness (QED) is 0.616. The molecule has 15 heavy (non-hydrogen) atoms. The van der Waals surface area contributed by atoms with E-state index < -0.39 is 10.0 Å². The van der Waals surface area contributed by atoms with Crippen molar-refractivity contribution in [3.8, 4) is 6.07 Å². The fourth-order valence-electron chi connectivity index (χ4n) is 1.19. The Bertz CT molecular complexity index is 280. The van der Waals surface area contributed by atoms with E-state index in [4.69, 9.17) is 5.26 Å². The summed E-state index contributed by atoms with van der Waals surface area (Å²) in [6.07, 6.45) is 5.63. The van der Waals surface area contributed by atoms with Crippen molar-refractivity contribution in [1.29, 1.82) is 5.26 Å². The van der Waals surface area contributed by atoms with Crippen LogP contribution < -0.4 is 4.72 Å². The zero-order chi connectivity index (χ0) is 11.6. The molecule has 1 N–H and O–H groups in total. The van der Waals surface area contributed by atoms with Gasteiger partial charge in [0.25, 0.3) is 0 Å². The van der Waals surface area contributed by atoms with Crippen molar-refractivity contribution in [3.05, 3.63) is 0 Å². The van der Waals surface area contributed by atoms with Crippen LogP contribution in [-0.4, -0.2) is 20.7 Å². The molecule has 0 radical (unpaired) electrons. The predicted molar refractivity (Wildman–Crippen MR) is 60.8 cm³/mol. The largest absolute Gasteiger partial charge is 0.215 e. The Morgan fingerprint density at radius 3 is 2.33 bits per heavy atom. The Hall–Kier alpha value is -0.600. The molecule has 0 unspecified atom stereocenters. The first-order chi connectivity index (χ1) is 7.12. The van der Waals surface area contributed by atoms with Gasteiger partial charge in [-0.15, -0.1) is 0 Å². The maximum Gasteiger partial charge on any atom is 0.211 e. The van der Waals surface area contributed by atoms with Gasteiger partial charge in [-0.3, -0.25) is 0 Å². The molecular formula is C10H20N2O2S. The van der Waals surface area contributed by atoms with Gasteiger partial charge in [0.05, 0.1) is 11.8 Å². The second-order valence-electron chi connectivity index (χ2n) is 3.47. The van der Waals surface area contributed by atoms with Crippen molar-refractivity contribution in [2.24, 2.45) is 0 Å². The Morgan fingerprint density at radius 2 is 1.73 bits per heavy atom. The lowest BCUT2D eigenvalue weighted by Gasteiger charge is -2.03. The minimum absolute atomic E-state index is 0.148. The highest BCUT2D eigenvalue weighted by Crippen LogP contribution is 2.04. The maximum absolute atomic E-state index is 11.0. The number of nitrogens with one attached hydrogen (secondary N) is 1. The topological polar surface area (TPSA) is 70.0 Å². The molecule has 0 amide bonds. The molecule has 0 aromatic carbocycles. The first kappa shape index (κ1) is 14.4. The fourth-order valence-corrected chi connectivity index (χ4v) is 1.85. The minimum atomic E-state index is -3.01. The van der Waals surface area contributed by atoms with Crippen molar-refractivity contribution in [2.75, 3.05) is 12.3 Å². The molecule has 88 valence electrons. The Morgan fingerprint density at radius 1 is 1.13 bits per heavy atom. The van der Waals surface area contributed by atoms with Gasteiger partial charge in [-0.05, 0) is 19.8 Å². The molecule has 5 heteroatoms. The summed E-state index contributed by atoms with van der Waals surface area (Å²) in [5.74, 6) is 0.148. The molecule has 4 nitrogen and oxygen atoms in total. The van der Waals surface area contributed by atoms with Crippen molar-refractivity contribution < 1.29 is 8.42 Å². The fraction of sp³-hybridized carbons (Fsp3) is 0.900. The van der Waals surface area contributed by atoms with Crippen molar-refractivity contribution in [1.82, 2.24) is 4.72 Å². The van der Waals surface area contributed by atoms with Crippen molar-refractivity contribution in [2.45, 2.75) is 45.4 Å². The highest BCUT2D eigenvalue weighted by molar-refractivity contribution is 7.89. The number of rotatable bonds is 9. The van der Waals surface area contributed by atoms with Crippen LogP contribution in [0.3, 0.4) is 0 Å². The highest BCUT2D eigenvalue weighted by Gasteiger charge is 2.03. The smallest absolute Gasteiger partial charge is 0.211 e. The van der Waals surface area contributed by atoms with E-state index in [0.717, 1.165) is 32.1 Å². The average molecular weight is 232 g/mol. The number of nitrogens with zero attached hydrogens (tertiary/aromatic N) is 1. The first-order valence-electron chi connectivity index (χ1n) is 5.46. The van der Waals surface area contributed by atoms with Gasteiger partial charge < -0.3 is 0 Å². The van der Waals surface area contributed by atoms with Crippen LogP contribution in [0.4, 0.5) is 0 Å². The number of unbranched alkanes of at least 4 members (excludes halogenated alkanes) is 5. The SMILES string of the molecule is CCS(=O)(=O)NCCCCCCCC#N. The van der Waals surface area contributed by atoms with Crippen LogP contribution >= 0.6 is 0 Å². The van der Waals surface area contributed by atoms with Crippen molar-refractivity contribution in [3.63, 3.8) is 0 Å². The second kappa shape index (κ2) is 8.69. The van der Waals surface area contributed by atoms with E-state index in [0.29, 0.717) is 13.0 Å². The molecule has 0 saturated carbocycles. The van der Waals surface area contributed by atoms with Gasteiger partial charge in [-0.2, -0.15) is 5.26 Å². The third-order valence-corrected chi connectivity index (χ3v) is 3.57. The van der Waals surface area contributed by atoms with Gasteiger partial charge in [0.2, 0.25) is 10.0 Å². The molecular weight excluding hydrogens is 212 g/mol. The number of hydrogen-bond donors (Lipinski definition) is 1. The van der Waals surface area contributed by atoms with Gasteiger partial charge in [0.1, 0.15) is 0 Å². The van der Waals surface area contributed by atoms with Crippen LogP contribution in [0.1, 0.15) is 45.4 Å². The Labute approximate surface area is 92.7 Å². The normalized spacial score (nSPS) is 11.2. The summed E-state index contributed by atoms with van der Waals surface area (Å²) in [5, 5.41) is 8.30. The summed E-state index contributed by atoms with van der Waals surface area (Å²) in [7, 11) is -3.01. The molecule has 0 rings (SSSR count). The maximum atomic E-state index is 11.0. The molecule has 0 saturated heterocycles. The van der Waals surface area contributed by atoms with E-state index in [1.807, 2.05) is 0 Å². The van der Waals surface area contributed by atoms with Crippen LogP contribution in [0.5, 0.6) is 0 Å². The summed E-state index contributed by atoms with van der Waals surface area (Å²) in [6, 6.07) is 2.11. The molecule has 0 spiro atoms. The van der Waals surface area contributed by atoms with Crippen LogP contribution in [0, 0.1) is 11.3 Å². The molecule has 0 aromatic rings. The summed E-state index contributed by atoms with van der Waals surface area (Å²) in [5.41, 5.74) is 0. The van der Waals surface area contributed by atoms with E-state index >= 15 is 0 Å². The molecule has 0 aliphatic carbocycles. The monoisotopic (exact) mass is 232 g/mol. The van der Waals surface area contributed by atoms with Crippen LogP contribution in [0.25, 0.3) is 0 Å². The van der Waals surface area contributed by atoms with Crippen molar-refractivity contribution >= 4 is 10.0 Å². The summed E-state index contributed by atoms with van der Waals surface area (Å²) < 4.78 is 24.6. The van der Waals surface area contributed by atoms with Crippen LogP contribution in [0.2, 0.25) is 0 Å². The van der Waals surface area contributed by atoms with Gasteiger partial charge in [-0.25, -0.2) is 13.1 Å². The van der Waals surface area contributed by atoms with Crippen LogP contribution in [-0.2, 0) is 10.0 Å². The lowest BCUT2D eigenvalue weighted by Crippen LogP contribution is -2.26. The molecule has 0 aromatic heterocycles. The van der Waals surface area contributed by atoms with Gasteiger partial charge in [-0.1, -0.05) is 19.3 Å². The summed E-state index contributed by atoms with van der Waals surface area (Å²) >= 11 is 0. The summed E-state index contributed by atoms with van der Waals surface area (Å²) in [4.78, 5) is 0. The van der Waals surface area contributed by atoms with E-state index in [9.17, 15) is 8.42 Å². The molecule has 0 heterocycles. The standard InChI is InChI=1S/C10H20N2O2S/c1-2-15(13,14)12-10-8-6-4-3-5-7-9-11/h12H,2-8,10H2,1H3. The van der Waals surface area contributed by atoms with E-state index in [1.54, 1.807) is 6.92 Å².